The molecule has 1 aliphatic rings. The number of amidine groups is 1. The van der Waals surface area contributed by atoms with Crippen LogP contribution in [0.4, 0.5) is 0 Å². The number of hydrogen-bond donors (Lipinski definition) is 1. The molecule has 18 heavy (non-hydrogen) atoms. The minimum atomic E-state index is -1.59. The number of hydroxylamine groups is 1. The average molecular weight is 325 g/mol. The summed E-state index contributed by atoms with van der Waals surface area (Å²) in [6, 6.07) is 12.3. The Bertz CT molecular complexity index is 672. The van der Waals surface area contributed by atoms with Crippen LogP contribution in [0, 0.1) is 0 Å². The Morgan fingerprint density at radius 3 is 2.83 bits per heavy atom. The van der Waals surface area contributed by atoms with Gasteiger partial charge in [-0.05, 0) is 28.5 Å². The summed E-state index contributed by atoms with van der Waals surface area (Å²) in [6.45, 7) is 0. The first-order chi connectivity index (χ1) is 8.70. The maximum absolute atomic E-state index is 10.9. The predicted molar refractivity (Wildman–Crippen MR) is 75.2 cm³/mol. The molecule has 3 rings (SSSR count). The number of rotatable bonds is 2. The fourth-order valence-electron chi connectivity index (χ4n) is 1.85. The third kappa shape index (κ3) is 2.45. The third-order valence-electron chi connectivity index (χ3n) is 2.65. The van der Waals surface area contributed by atoms with Crippen LogP contribution < -0.4 is 5.48 Å². The first-order valence-corrected chi connectivity index (χ1v) is 7.14. The van der Waals surface area contributed by atoms with Crippen molar-refractivity contribution in [1.82, 2.24) is 5.48 Å². The molecule has 2 aromatic rings. The standard InChI is InChI=1S/C12H9BrN2O2S/c13-11-4-3-9-2-1-8(5-10(9)7-11)6-12-14-17-18(16)15-12/h1-5,7H,6H2,(H,14,15). The van der Waals surface area contributed by atoms with Gasteiger partial charge in [0.1, 0.15) is 5.84 Å². The number of nitrogens with zero attached hydrogens (tertiary/aromatic N) is 1. The summed E-state index contributed by atoms with van der Waals surface area (Å²) in [6.07, 6.45) is 0.578. The maximum atomic E-state index is 10.9. The Kier molecular flexibility index (Phi) is 3.15. The van der Waals surface area contributed by atoms with Crippen molar-refractivity contribution in [2.24, 2.45) is 4.40 Å². The highest BCUT2D eigenvalue weighted by Gasteiger charge is 2.13. The molecule has 0 amide bonds. The van der Waals surface area contributed by atoms with E-state index in [1.165, 1.54) is 5.39 Å². The van der Waals surface area contributed by atoms with Crippen LogP contribution in [0.25, 0.3) is 10.8 Å². The summed E-state index contributed by atoms with van der Waals surface area (Å²) in [5, 5.41) is 2.34. The molecule has 1 unspecified atom stereocenters. The molecule has 0 radical (unpaired) electrons. The van der Waals surface area contributed by atoms with Crippen LogP contribution in [-0.2, 0) is 22.0 Å². The third-order valence-corrected chi connectivity index (χ3v) is 3.74. The summed E-state index contributed by atoms with van der Waals surface area (Å²) < 4.78 is 20.5. The maximum Gasteiger partial charge on any atom is 0.309 e. The Balaban J connectivity index is 1.93. The topological polar surface area (TPSA) is 50.7 Å². The monoisotopic (exact) mass is 324 g/mol. The van der Waals surface area contributed by atoms with Gasteiger partial charge < -0.3 is 0 Å². The van der Waals surface area contributed by atoms with Gasteiger partial charge in [0.25, 0.3) is 0 Å². The Morgan fingerprint density at radius 1 is 1.22 bits per heavy atom. The summed E-state index contributed by atoms with van der Waals surface area (Å²) in [5.41, 5.74) is 3.65. The lowest BCUT2D eigenvalue weighted by Gasteiger charge is -2.04. The minimum Gasteiger partial charge on any atom is -0.234 e. The largest absolute Gasteiger partial charge is 0.309 e. The van der Waals surface area contributed by atoms with Gasteiger partial charge in [0.05, 0.1) is 0 Å². The van der Waals surface area contributed by atoms with Crippen LogP contribution in [0.1, 0.15) is 5.56 Å². The van der Waals surface area contributed by atoms with Crippen LogP contribution >= 0.6 is 15.9 Å². The van der Waals surface area contributed by atoms with Crippen LogP contribution in [0.3, 0.4) is 0 Å². The molecular formula is C12H9BrN2O2S. The zero-order chi connectivity index (χ0) is 12.5. The summed E-state index contributed by atoms with van der Waals surface area (Å²) >= 11 is 1.87. The lowest BCUT2D eigenvalue weighted by atomic mass is 10.0. The van der Waals surface area contributed by atoms with Gasteiger partial charge in [-0.2, -0.15) is 4.28 Å². The summed E-state index contributed by atoms with van der Waals surface area (Å²) in [7, 11) is 0. The predicted octanol–water partition coefficient (Wildman–Crippen LogP) is 2.66. The van der Waals surface area contributed by atoms with Crippen LogP contribution in [0.5, 0.6) is 0 Å². The van der Waals surface area contributed by atoms with E-state index < -0.39 is 11.3 Å². The van der Waals surface area contributed by atoms with E-state index in [-0.39, 0.29) is 0 Å². The molecule has 1 heterocycles. The van der Waals surface area contributed by atoms with Crippen molar-refractivity contribution >= 4 is 43.8 Å². The zero-order valence-electron chi connectivity index (χ0n) is 9.22. The van der Waals surface area contributed by atoms with Crippen molar-refractivity contribution < 1.29 is 8.49 Å². The Labute approximate surface area is 115 Å². The molecule has 0 saturated carbocycles. The minimum absolute atomic E-state index is 0.578. The first kappa shape index (κ1) is 11.8. The Hall–Kier alpha value is -1.24. The van der Waals surface area contributed by atoms with Gasteiger partial charge in [-0.3, -0.25) is 0 Å². The molecular weight excluding hydrogens is 316 g/mol. The van der Waals surface area contributed by atoms with Crippen molar-refractivity contribution in [3.8, 4) is 0 Å². The summed E-state index contributed by atoms with van der Waals surface area (Å²) in [4.78, 5) is 0. The molecule has 0 spiro atoms. The second kappa shape index (κ2) is 4.79. The molecule has 4 nitrogen and oxygen atoms in total. The molecule has 0 fully saturated rings. The van der Waals surface area contributed by atoms with E-state index in [4.69, 9.17) is 0 Å². The molecule has 92 valence electrons. The van der Waals surface area contributed by atoms with Gasteiger partial charge >= 0.3 is 11.3 Å². The van der Waals surface area contributed by atoms with Crippen LogP contribution in [0.15, 0.2) is 45.3 Å². The number of fused-ring (bicyclic) bond motifs is 1. The fraction of sp³-hybridized carbons (Fsp3) is 0.0833. The highest BCUT2D eigenvalue weighted by molar-refractivity contribution is 9.10. The molecule has 1 N–H and O–H groups in total. The highest BCUT2D eigenvalue weighted by atomic mass is 79.9. The van der Waals surface area contributed by atoms with E-state index in [2.05, 4.69) is 54.4 Å². The van der Waals surface area contributed by atoms with Crippen molar-refractivity contribution in [1.29, 1.82) is 0 Å². The van der Waals surface area contributed by atoms with Crippen molar-refractivity contribution in [2.75, 3.05) is 0 Å². The Morgan fingerprint density at radius 2 is 2.06 bits per heavy atom. The summed E-state index contributed by atoms with van der Waals surface area (Å²) in [5.74, 6) is 0.586. The highest BCUT2D eigenvalue weighted by Crippen LogP contribution is 2.21. The van der Waals surface area contributed by atoms with Gasteiger partial charge in [0, 0.05) is 10.9 Å². The first-order valence-electron chi connectivity index (χ1n) is 5.32. The molecule has 0 aliphatic carbocycles. The number of nitrogens with one attached hydrogen (secondary N) is 1. The molecule has 0 aromatic heterocycles. The van der Waals surface area contributed by atoms with E-state index in [1.807, 2.05) is 12.1 Å². The number of benzene rings is 2. The molecule has 1 aliphatic heterocycles. The van der Waals surface area contributed by atoms with E-state index in [0.717, 1.165) is 15.4 Å². The molecule has 6 heteroatoms. The number of halogens is 1. The van der Waals surface area contributed by atoms with E-state index in [0.29, 0.717) is 12.3 Å². The SMILES string of the molecule is O=S1N=C(Cc2ccc3ccc(Br)cc3c2)NO1. The quantitative estimate of drug-likeness (QED) is 0.923. The molecule has 1 atom stereocenters. The van der Waals surface area contributed by atoms with Gasteiger partial charge in [-0.25, -0.2) is 9.69 Å². The lowest BCUT2D eigenvalue weighted by Crippen LogP contribution is -2.18. The molecule has 0 bridgehead atoms. The second-order valence-electron chi connectivity index (χ2n) is 3.94. The average Bonchev–Trinajstić information content (AvgIpc) is 2.74. The molecule has 2 aromatic carbocycles. The number of hydrogen-bond acceptors (Lipinski definition) is 3. The lowest BCUT2D eigenvalue weighted by molar-refractivity contribution is 0.303. The zero-order valence-corrected chi connectivity index (χ0v) is 11.6. The second-order valence-corrected chi connectivity index (χ2v) is 5.64. The fourth-order valence-corrected chi connectivity index (χ4v) is 2.72. The van der Waals surface area contributed by atoms with Gasteiger partial charge in [0.2, 0.25) is 0 Å². The van der Waals surface area contributed by atoms with Crippen LogP contribution in [-0.4, -0.2) is 10.0 Å². The van der Waals surface area contributed by atoms with Crippen molar-refractivity contribution in [2.45, 2.75) is 6.42 Å². The van der Waals surface area contributed by atoms with Gasteiger partial charge in [0.15, 0.2) is 0 Å². The normalized spacial score (nSPS) is 18.7. The van der Waals surface area contributed by atoms with Crippen molar-refractivity contribution in [3.05, 3.63) is 46.4 Å². The van der Waals surface area contributed by atoms with Gasteiger partial charge in [-0.15, -0.1) is 4.40 Å². The van der Waals surface area contributed by atoms with E-state index in [1.54, 1.807) is 0 Å². The smallest absolute Gasteiger partial charge is 0.234 e. The van der Waals surface area contributed by atoms with Gasteiger partial charge in [-0.1, -0.05) is 40.2 Å². The van der Waals surface area contributed by atoms with Crippen molar-refractivity contribution in [3.63, 3.8) is 0 Å². The van der Waals surface area contributed by atoms with E-state index >= 15 is 0 Å². The van der Waals surface area contributed by atoms with E-state index in [9.17, 15) is 4.21 Å². The van der Waals surface area contributed by atoms with Crippen LogP contribution in [0.2, 0.25) is 0 Å². The molecule has 0 saturated heterocycles.